The number of hydrogen-bond donors (Lipinski definition) is 1. The maximum atomic E-state index is 12.6. The van der Waals surface area contributed by atoms with Crippen LogP contribution in [-0.4, -0.2) is 48.4 Å². The molecule has 0 fully saturated rings. The van der Waals surface area contributed by atoms with Gasteiger partial charge in [-0.15, -0.1) is 22.0 Å². The summed E-state index contributed by atoms with van der Waals surface area (Å²) in [5.74, 6) is 0.561. The Hall–Kier alpha value is -2.06. The third-order valence-corrected chi connectivity index (χ3v) is 5.59. The Morgan fingerprint density at radius 1 is 1.36 bits per heavy atom. The van der Waals surface area contributed by atoms with Gasteiger partial charge >= 0.3 is 5.97 Å². The van der Waals surface area contributed by atoms with Crippen LogP contribution in [0.4, 0.5) is 0 Å². The summed E-state index contributed by atoms with van der Waals surface area (Å²) in [5.41, 5.74) is 0. The molecular weight excluding hydrogens is 364 g/mol. The smallest absolute Gasteiger partial charge is 0.328 e. The number of aryl methyl sites for hydroxylation is 1. The van der Waals surface area contributed by atoms with Crippen LogP contribution in [0.3, 0.4) is 0 Å². The summed E-state index contributed by atoms with van der Waals surface area (Å²) >= 11 is 7.58. The lowest BCUT2D eigenvalue weighted by Crippen LogP contribution is -2.50. The summed E-state index contributed by atoms with van der Waals surface area (Å²) in [5, 5.41) is 18.1. The van der Waals surface area contributed by atoms with Crippen LogP contribution in [0.1, 0.15) is 18.1 Å². The van der Waals surface area contributed by atoms with Gasteiger partial charge in [-0.2, -0.15) is 0 Å². The van der Waals surface area contributed by atoms with E-state index in [1.54, 1.807) is 17.6 Å². The van der Waals surface area contributed by atoms with E-state index in [1.165, 1.54) is 16.7 Å². The fraction of sp³-hybridized carbons (Fsp3) is 0.375. The van der Waals surface area contributed by atoms with E-state index in [1.807, 2.05) is 18.2 Å². The number of aliphatic carboxylic acids is 1. The summed E-state index contributed by atoms with van der Waals surface area (Å²) in [6.07, 6.45) is 0.229. The van der Waals surface area contributed by atoms with Gasteiger partial charge in [0.1, 0.15) is 11.9 Å². The predicted octanol–water partition coefficient (Wildman–Crippen LogP) is 2.22. The molecule has 0 saturated carbocycles. The summed E-state index contributed by atoms with van der Waals surface area (Å²) in [6.45, 7) is 2.10. The first-order valence-corrected chi connectivity index (χ1v) is 9.12. The van der Waals surface area contributed by atoms with E-state index in [-0.39, 0.29) is 25.4 Å². The highest BCUT2D eigenvalue weighted by Crippen LogP contribution is 2.27. The van der Waals surface area contributed by atoms with E-state index in [0.717, 1.165) is 4.90 Å². The molecule has 25 heavy (non-hydrogen) atoms. The van der Waals surface area contributed by atoms with E-state index >= 15 is 0 Å². The van der Waals surface area contributed by atoms with Gasteiger partial charge < -0.3 is 14.6 Å². The quantitative estimate of drug-likeness (QED) is 0.800. The Kier molecular flexibility index (Phi) is 5.29. The van der Waals surface area contributed by atoms with E-state index in [0.29, 0.717) is 22.4 Å². The molecule has 1 aliphatic rings. The molecule has 1 amide bonds. The van der Waals surface area contributed by atoms with Gasteiger partial charge in [0.2, 0.25) is 5.91 Å². The highest BCUT2D eigenvalue weighted by atomic mass is 35.5. The fourth-order valence-electron chi connectivity index (χ4n) is 2.74. The van der Waals surface area contributed by atoms with E-state index in [4.69, 9.17) is 11.6 Å². The van der Waals surface area contributed by atoms with Crippen LogP contribution in [0.15, 0.2) is 29.2 Å². The van der Waals surface area contributed by atoms with Crippen LogP contribution >= 0.6 is 23.4 Å². The summed E-state index contributed by atoms with van der Waals surface area (Å²) in [4.78, 5) is 26.4. The van der Waals surface area contributed by atoms with Crippen molar-refractivity contribution in [2.24, 2.45) is 0 Å². The van der Waals surface area contributed by atoms with Crippen molar-refractivity contribution in [3.05, 3.63) is 40.9 Å². The van der Waals surface area contributed by atoms with Crippen LogP contribution in [0.5, 0.6) is 0 Å². The van der Waals surface area contributed by atoms with Gasteiger partial charge in [0.25, 0.3) is 0 Å². The number of carbonyl (C=O) groups excluding carboxylic acids is 1. The monoisotopic (exact) mass is 380 g/mol. The Morgan fingerprint density at radius 2 is 2.12 bits per heavy atom. The SMILES string of the molecule is Cc1nnc2n1CC(C(=O)O)N(C(=O)CCSc1ccccc1Cl)C2. The number of halogens is 1. The standard InChI is InChI=1S/C16H17ClN4O3S/c1-10-18-19-14-9-21(12(16(23)24)8-20(10)14)15(22)6-7-25-13-5-3-2-4-11(13)17/h2-5,12H,6-9H2,1H3,(H,23,24). The van der Waals surface area contributed by atoms with Gasteiger partial charge in [-0.3, -0.25) is 4.79 Å². The maximum absolute atomic E-state index is 12.6. The third-order valence-electron chi connectivity index (χ3n) is 4.07. The molecule has 2 aromatic rings. The second-order valence-electron chi connectivity index (χ2n) is 5.68. The van der Waals surface area contributed by atoms with Gasteiger partial charge in [-0.25, -0.2) is 4.79 Å². The van der Waals surface area contributed by atoms with Crippen molar-refractivity contribution in [3.63, 3.8) is 0 Å². The van der Waals surface area contributed by atoms with Gasteiger partial charge in [-0.1, -0.05) is 23.7 Å². The number of nitrogens with zero attached hydrogens (tertiary/aromatic N) is 4. The Bertz CT molecular complexity index is 810. The molecule has 9 heteroatoms. The highest BCUT2D eigenvalue weighted by molar-refractivity contribution is 7.99. The van der Waals surface area contributed by atoms with Crippen molar-refractivity contribution in [3.8, 4) is 0 Å². The lowest BCUT2D eigenvalue weighted by Gasteiger charge is -2.33. The minimum atomic E-state index is -1.02. The van der Waals surface area contributed by atoms with Crippen LogP contribution in [-0.2, 0) is 22.7 Å². The summed E-state index contributed by atoms with van der Waals surface area (Å²) in [7, 11) is 0. The molecule has 132 valence electrons. The zero-order valence-electron chi connectivity index (χ0n) is 13.6. The van der Waals surface area contributed by atoms with E-state index < -0.39 is 12.0 Å². The Morgan fingerprint density at radius 3 is 2.84 bits per heavy atom. The number of rotatable bonds is 5. The minimum Gasteiger partial charge on any atom is -0.480 e. The van der Waals surface area contributed by atoms with Crippen molar-refractivity contribution in [2.75, 3.05) is 5.75 Å². The fourth-order valence-corrected chi connectivity index (χ4v) is 3.92. The molecule has 0 bridgehead atoms. The van der Waals surface area contributed by atoms with E-state index in [2.05, 4.69) is 10.2 Å². The molecule has 3 rings (SSSR count). The predicted molar refractivity (Wildman–Crippen MR) is 93.5 cm³/mol. The second-order valence-corrected chi connectivity index (χ2v) is 7.22. The molecule has 1 aliphatic heterocycles. The molecule has 2 heterocycles. The molecule has 1 aromatic carbocycles. The summed E-state index contributed by atoms with van der Waals surface area (Å²) in [6, 6.07) is 6.52. The number of fused-ring (bicyclic) bond motifs is 1. The number of thioether (sulfide) groups is 1. The number of carbonyl (C=O) groups is 2. The normalized spacial score (nSPS) is 16.6. The zero-order chi connectivity index (χ0) is 18.0. The summed E-state index contributed by atoms with van der Waals surface area (Å²) < 4.78 is 1.75. The van der Waals surface area contributed by atoms with Crippen molar-refractivity contribution in [2.45, 2.75) is 37.4 Å². The molecular formula is C16H17ClN4O3S. The lowest BCUT2D eigenvalue weighted by atomic mass is 10.1. The van der Waals surface area contributed by atoms with Crippen molar-refractivity contribution in [1.29, 1.82) is 0 Å². The number of carboxylic acid groups (broad SMARTS) is 1. The van der Waals surface area contributed by atoms with Gasteiger partial charge in [0, 0.05) is 17.1 Å². The maximum Gasteiger partial charge on any atom is 0.328 e. The van der Waals surface area contributed by atoms with Gasteiger partial charge in [0.15, 0.2) is 5.82 Å². The van der Waals surface area contributed by atoms with Crippen LogP contribution < -0.4 is 0 Å². The first kappa shape index (κ1) is 17.8. The molecule has 1 atom stereocenters. The molecule has 1 N–H and O–H groups in total. The zero-order valence-corrected chi connectivity index (χ0v) is 15.1. The first-order chi connectivity index (χ1) is 12.0. The number of aromatic nitrogens is 3. The number of hydrogen-bond acceptors (Lipinski definition) is 5. The molecule has 1 aromatic heterocycles. The largest absolute Gasteiger partial charge is 0.480 e. The molecule has 0 saturated heterocycles. The van der Waals surface area contributed by atoms with Crippen molar-refractivity contribution >= 4 is 35.2 Å². The second kappa shape index (κ2) is 7.45. The number of amides is 1. The minimum absolute atomic E-state index is 0.160. The third kappa shape index (κ3) is 3.80. The molecule has 0 aliphatic carbocycles. The Labute approximate surface area is 154 Å². The van der Waals surface area contributed by atoms with E-state index in [9.17, 15) is 14.7 Å². The molecule has 7 nitrogen and oxygen atoms in total. The first-order valence-electron chi connectivity index (χ1n) is 7.75. The molecule has 0 radical (unpaired) electrons. The highest BCUT2D eigenvalue weighted by Gasteiger charge is 2.36. The van der Waals surface area contributed by atoms with Crippen LogP contribution in [0.2, 0.25) is 5.02 Å². The topological polar surface area (TPSA) is 88.3 Å². The van der Waals surface area contributed by atoms with Crippen LogP contribution in [0, 0.1) is 6.92 Å². The molecule has 0 spiro atoms. The lowest BCUT2D eigenvalue weighted by molar-refractivity contribution is -0.152. The van der Waals surface area contributed by atoms with Gasteiger partial charge in [0.05, 0.1) is 18.1 Å². The Balaban J connectivity index is 1.66. The number of benzene rings is 1. The molecule has 1 unspecified atom stereocenters. The average molecular weight is 381 g/mol. The van der Waals surface area contributed by atoms with Crippen LogP contribution in [0.25, 0.3) is 0 Å². The van der Waals surface area contributed by atoms with Crippen molar-refractivity contribution in [1.82, 2.24) is 19.7 Å². The van der Waals surface area contributed by atoms with Crippen molar-refractivity contribution < 1.29 is 14.7 Å². The average Bonchev–Trinajstić information content (AvgIpc) is 2.96. The number of carboxylic acids is 1. The van der Waals surface area contributed by atoms with Gasteiger partial charge in [-0.05, 0) is 19.1 Å².